The summed E-state index contributed by atoms with van der Waals surface area (Å²) in [6.45, 7) is 8.32. The maximum atomic E-state index is 13.4. The van der Waals surface area contributed by atoms with E-state index in [1.54, 1.807) is 12.1 Å². The molecule has 1 aromatic heterocycles. The van der Waals surface area contributed by atoms with Crippen molar-refractivity contribution >= 4 is 40.7 Å². The number of hydrogen-bond donors (Lipinski definition) is 1. The minimum Gasteiger partial charge on any atom is -0.374 e. The third-order valence-corrected chi connectivity index (χ3v) is 11.1. The van der Waals surface area contributed by atoms with E-state index in [9.17, 15) is 24.4 Å². The highest BCUT2D eigenvalue weighted by molar-refractivity contribution is 6.23. The van der Waals surface area contributed by atoms with Crippen LogP contribution in [0, 0.1) is 32.1 Å². The van der Waals surface area contributed by atoms with Crippen molar-refractivity contribution in [3.05, 3.63) is 94.4 Å². The zero-order chi connectivity index (χ0) is 37.0. The third-order valence-electron chi connectivity index (χ3n) is 11.1. The van der Waals surface area contributed by atoms with Gasteiger partial charge in [0.15, 0.2) is 0 Å². The van der Waals surface area contributed by atoms with Gasteiger partial charge in [-0.1, -0.05) is 29.4 Å². The zero-order valence-corrected chi connectivity index (χ0v) is 30.0. The van der Waals surface area contributed by atoms with E-state index in [0.717, 1.165) is 74.9 Å². The van der Waals surface area contributed by atoms with Gasteiger partial charge in [-0.3, -0.25) is 29.4 Å². The molecule has 2 saturated heterocycles. The van der Waals surface area contributed by atoms with Crippen LogP contribution in [0.1, 0.15) is 75.4 Å². The molecule has 3 aliphatic heterocycles. The molecule has 4 heterocycles. The summed E-state index contributed by atoms with van der Waals surface area (Å²) < 4.78 is 12.0. The van der Waals surface area contributed by atoms with Crippen LogP contribution in [-0.4, -0.2) is 72.1 Å². The molecule has 0 radical (unpaired) electrons. The predicted molar refractivity (Wildman–Crippen MR) is 196 cm³/mol. The highest BCUT2D eigenvalue weighted by atomic mass is 16.5. The molecule has 2 atom stereocenters. The number of benzene rings is 3. The number of amides is 4. The quantitative estimate of drug-likeness (QED) is 0.204. The maximum absolute atomic E-state index is 13.4. The normalized spacial score (nSPS) is 20.4. The lowest BCUT2D eigenvalue weighted by molar-refractivity contribution is -0.136. The van der Waals surface area contributed by atoms with E-state index in [2.05, 4.69) is 75.7 Å². The average Bonchev–Trinajstić information content (AvgIpc) is 3.59. The molecule has 1 N–H and O–H groups in total. The van der Waals surface area contributed by atoms with Crippen LogP contribution < -0.4 is 15.1 Å². The molecule has 3 fully saturated rings. The van der Waals surface area contributed by atoms with Crippen LogP contribution in [0.25, 0.3) is 11.1 Å². The van der Waals surface area contributed by atoms with Gasteiger partial charge in [-0.05, 0) is 99.5 Å². The molecule has 12 nitrogen and oxygen atoms in total. The number of carbonyl (C=O) groups excluding carboxylic acids is 4. The molecular weight excluding hydrogens is 672 g/mol. The molecule has 270 valence electrons. The number of piperidine rings is 1. The summed E-state index contributed by atoms with van der Waals surface area (Å²) in [5.41, 5.74) is 7.99. The molecule has 1 aliphatic carbocycles. The first-order valence-corrected chi connectivity index (χ1v) is 18.1. The molecule has 12 heteroatoms. The Balaban J connectivity index is 0.974. The number of imide groups is 2. The summed E-state index contributed by atoms with van der Waals surface area (Å²) in [5, 5.41) is 16.2. The molecule has 3 aromatic carbocycles. The summed E-state index contributed by atoms with van der Waals surface area (Å²) in [6.07, 6.45) is 2.70. The van der Waals surface area contributed by atoms with Crippen molar-refractivity contribution in [2.24, 2.45) is 0 Å². The molecule has 4 amide bonds. The number of anilines is 3. The molecule has 4 aliphatic rings. The Morgan fingerprint density at radius 1 is 0.981 bits per heavy atom. The number of rotatable bonds is 10. The number of nitriles is 1. The predicted octanol–water partition coefficient (Wildman–Crippen LogP) is 5.66. The van der Waals surface area contributed by atoms with Crippen molar-refractivity contribution in [3.8, 4) is 17.2 Å². The lowest BCUT2D eigenvalue weighted by Crippen LogP contribution is -2.54. The number of nitrogens with zero attached hydrogens (tertiary/aromatic N) is 5. The Morgan fingerprint density at radius 3 is 2.45 bits per heavy atom. The molecule has 2 unspecified atom stereocenters. The number of hydrogen-bond acceptors (Lipinski definition) is 10. The van der Waals surface area contributed by atoms with Gasteiger partial charge in [0.2, 0.25) is 11.8 Å². The summed E-state index contributed by atoms with van der Waals surface area (Å²) in [4.78, 5) is 56.1. The van der Waals surface area contributed by atoms with Gasteiger partial charge < -0.3 is 19.1 Å². The Morgan fingerprint density at radius 2 is 1.75 bits per heavy atom. The minimum atomic E-state index is -1.000. The standard InChI is InChI=1S/C41H40N6O6/c1-24-4-5-27(37-25(2)44-53-26(37)3)20-35(24)46(29-8-6-28(7-9-29)41(23-42)15-16-41)18-19-52-31-14-17-45(22-31)30-10-11-32-33(21-30)40(51)47(39(32)50)34-12-13-36(48)43-38(34)49/h4-11,20-21,31,34H,12-19,22H2,1-3H3,(H,43,48,49). The first-order valence-electron chi connectivity index (χ1n) is 18.1. The molecule has 8 rings (SSSR count). The van der Waals surface area contributed by atoms with Crippen molar-refractivity contribution in [3.63, 3.8) is 0 Å². The Bertz CT molecular complexity index is 2180. The second-order valence-electron chi connectivity index (χ2n) is 14.5. The topological polar surface area (TPSA) is 149 Å². The molecule has 4 aromatic rings. The van der Waals surface area contributed by atoms with E-state index in [4.69, 9.17) is 9.26 Å². The summed E-state index contributed by atoms with van der Waals surface area (Å²) >= 11 is 0. The lowest BCUT2D eigenvalue weighted by Gasteiger charge is -2.28. The van der Waals surface area contributed by atoms with Crippen molar-refractivity contribution in [1.82, 2.24) is 15.4 Å². The highest BCUT2D eigenvalue weighted by Crippen LogP contribution is 2.48. The third kappa shape index (κ3) is 6.14. The Labute approximate surface area is 307 Å². The van der Waals surface area contributed by atoms with E-state index in [-0.39, 0.29) is 35.5 Å². The van der Waals surface area contributed by atoms with Gasteiger partial charge in [-0.2, -0.15) is 5.26 Å². The Hall–Kier alpha value is -5.80. The molecule has 1 saturated carbocycles. The van der Waals surface area contributed by atoms with Crippen LogP contribution in [0.4, 0.5) is 17.1 Å². The zero-order valence-electron chi connectivity index (χ0n) is 30.0. The van der Waals surface area contributed by atoms with Gasteiger partial charge in [0, 0.05) is 48.7 Å². The van der Waals surface area contributed by atoms with Crippen molar-refractivity contribution in [1.29, 1.82) is 5.26 Å². The van der Waals surface area contributed by atoms with E-state index in [1.165, 1.54) is 0 Å². The van der Waals surface area contributed by atoms with Gasteiger partial charge in [0.1, 0.15) is 11.8 Å². The van der Waals surface area contributed by atoms with E-state index in [0.29, 0.717) is 26.2 Å². The molecule has 0 bridgehead atoms. The second-order valence-corrected chi connectivity index (χ2v) is 14.5. The highest BCUT2D eigenvalue weighted by Gasteiger charge is 2.46. The van der Waals surface area contributed by atoms with Crippen molar-refractivity contribution in [2.75, 3.05) is 36.0 Å². The van der Waals surface area contributed by atoms with Crippen LogP contribution in [0.5, 0.6) is 0 Å². The monoisotopic (exact) mass is 712 g/mol. The number of aromatic nitrogens is 1. The molecule has 0 spiro atoms. The fourth-order valence-electron chi connectivity index (χ4n) is 7.96. The van der Waals surface area contributed by atoms with Crippen molar-refractivity contribution < 1.29 is 28.4 Å². The number of carbonyl (C=O) groups is 4. The van der Waals surface area contributed by atoms with Gasteiger partial charge in [-0.25, -0.2) is 0 Å². The Kier molecular flexibility index (Phi) is 8.61. The van der Waals surface area contributed by atoms with Gasteiger partial charge >= 0.3 is 0 Å². The largest absolute Gasteiger partial charge is 0.374 e. The first kappa shape index (κ1) is 34.3. The van der Waals surface area contributed by atoms with E-state index >= 15 is 0 Å². The number of aryl methyl sites for hydroxylation is 3. The molecule has 53 heavy (non-hydrogen) atoms. The smallest absolute Gasteiger partial charge is 0.262 e. The number of ether oxygens (including phenoxy) is 1. The van der Waals surface area contributed by atoms with Gasteiger partial charge in [0.05, 0.1) is 41.0 Å². The lowest BCUT2D eigenvalue weighted by atomic mass is 9.97. The first-order chi connectivity index (χ1) is 25.6. The average molecular weight is 713 g/mol. The molecular formula is C41H40N6O6. The van der Waals surface area contributed by atoms with Gasteiger partial charge in [0.25, 0.3) is 11.8 Å². The summed E-state index contributed by atoms with van der Waals surface area (Å²) in [7, 11) is 0. The van der Waals surface area contributed by atoms with E-state index in [1.807, 2.05) is 19.9 Å². The summed E-state index contributed by atoms with van der Waals surface area (Å²) in [5.74, 6) is -1.30. The maximum Gasteiger partial charge on any atom is 0.262 e. The fourth-order valence-corrected chi connectivity index (χ4v) is 7.96. The minimum absolute atomic E-state index is 0.0510. The van der Waals surface area contributed by atoms with E-state index < -0.39 is 29.7 Å². The summed E-state index contributed by atoms with van der Waals surface area (Å²) in [6, 6.07) is 21.4. The number of nitrogens with one attached hydrogen (secondary N) is 1. The van der Waals surface area contributed by atoms with Crippen molar-refractivity contribution in [2.45, 2.75) is 70.4 Å². The van der Waals surface area contributed by atoms with Crippen LogP contribution >= 0.6 is 0 Å². The number of fused-ring (bicyclic) bond motifs is 1. The second kappa shape index (κ2) is 13.3. The fraction of sp³-hybridized carbons (Fsp3) is 0.366. The van der Waals surface area contributed by atoms with Crippen LogP contribution in [0.3, 0.4) is 0 Å². The van der Waals surface area contributed by atoms with Crippen LogP contribution in [-0.2, 0) is 19.7 Å². The SMILES string of the molecule is Cc1ccc(-c2c(C)noc2C)cc1N(CCOC1CCN(c2ccc3c(c2)C(=O)N(C2CCC(=O)NC2=O)C3=O)C1)c1ccc(C2(C#N)CC2)cc1. The van der Waals surface area contributed by atoms with Gasteiger partial charge in [-0.15, -0.1) is 0 Å². The van der Waals surface area contributed by atoms with Crippen LogP contribution in [0.15, 0.2) is 65.2 Å². The van der Waals surface area contributed by atoms with Crippen LogP contribution in [0.2, 0.25) is 0 Å².